The standard InChI is InChI=1S/C16H24N2O2/c1-3-4-10-14-16(19)18(11-12-20-2)15(17-14)13-8-6-5-7-9-13/h5-9,14-15,17H,3-4,10-12H2,1-2H3. The number of ether oxygens (including phenoxy) is 1. The summed E-state index contributed by atoms with van der Waals surface area (Å²) in [6.45, 7) is 3.35. The van der Waals surface area contributed by atoms with Crippen LogP contribution in [0.1, 0.15) is 37.9 Å². The van der Waals surface area contributed by atoms with Gasteiger partial charge in [0.25, 0.3) is 0 Å². The second-order valence-corrected chi connectivity index (χ2v) is 5.20. The van der Waals surface area contributed by atoms with Crippen LogP contribution in [0.4, 0.5) is 0 Å². The third-order valence-corrected chi connectivity index (χ3v) is 3.75. The van der Waals surface area contributed by atoms with Crippen molar-refractivity contribution in [2.75, 3.05) is 20.3 Å². The van der Waals surface area contributed by atoms with Gasteiger partial charge in [-0.25, -0.2) is 0 Å². The van der Waals surface area contributed by atoms with E-state index in [1.165, 1.54) is 0 Å². The van der Waals surface area contributed by atoms with Crippen LogP contribution in [0.5, 0.6) is 0 Å². The fraction of sp³-hybridized carbons (Fsp3) is 0.562. The second-order valence-electron chi connectivity index (χ2n) is 5.20. The number of carbonyl (C=O) groups excluding carboxylic acids is 1. The molecule has 0 saturated carbocycles. The highest BCUT2D eigenvalue weighted by molar-refractivity contribution is 5.84. The van der Waals surface area contributed by atoms with Gasteiger partial charge in [-0.2, -0.15) is 0 Å². The first kappa shape index (κ1) is 15.0. The van der Waals surface area contributed by atoms with E-state index in [1.54, 1.807) is 7.11 Å². The predicted octanol–water partition coefficient (Wildman–Crippen LogP) is 2.32. The zero-order valence-electron chi connectivity index (χ0n) is 12.3. The van der Waals surface area contributed by atoms with Crippen molar-refractivity contribution in [3.05, 3.63) is 35.9 Å². The summed E-state index contributed by atoms with van der Waals surface area (Å²) in [4.78, 5) is 14.4. The van der Waals surface area contributed by atoms with Crippen molar-refractivity contribution >= 4 is 5.91 Å². The molecule has 1 aliphatic heterocycles. The maximum absolute atomic E-state index is 12.5. The molecule has 2 atom stereocenters. The topological polar surface area (TPSA) is 41.6 Å². The summed E-state index contributed by atoms with van der Waals surface area (Å²) >= 11 is 0. The number of hydrogen-bond acceptors (Lipinski definition) is 3. The van der Waals surface area contributed by atoms with Crippen molar-refractivity contribution in [3.63, 3.8) is 0 Å². The molecule has 4 heteroatoms. The van der Waals surface area contributed by atoms with Crippen molar-refractivity contribution < 1.29 is 9.53 Å². The largest absolute Gasteiger partial charge is 0.383 e. The maximum atomic E-state index is 12.5. The highest BCUT2D eigenvalue weighted by Gasteiger charge is 2.38. The van der Waals surface area contributed by atoms with Gasteiger partial charge in [0, 0.05) is 13.7 Å². The van der Waals surface area contributed by atoms with E-state index >= 15 is 0 Å². The summed E-state index contributed by atoms with van der Waals surface area (Å²) in [7, 11) is 1.67. The van der Waals surface area contributed by atoms with E-state index in [4.69, 9.17) is 4.74 Å². The molecule has 0 bridgehead atoms. The summed E-state index contributed by atoms with van der Waals surface area (Å²) in [6, 6.07) is 10.1. The number of unbranched alkanes of at least 4 members (excludes halogenated alkanes) is 1. The third-order valence-electron chi connectivity index (χ3n) is 3.75. The van der Waals surface area contributed by atoms with Crippen LogP contribution in [0.25, 0.3) is 0 Å². The predicted molar refractivity (Wildman–Crippen MR) is 79.2 cm³/mol. The molecule has 1 amide bonds. The Morgan fingerprint density at radius 1 is 1.30 bits per heavy atom. The van der Waals surface area contributed by atoms with Crippen LogP contribution in [0.2, 0.25) is 0 Å². The van der Waals surface area contributed by atoms with Gasteiger partial charge in [-0.1, -0.05) is 50.1 Å². The molecule has 1 N–H and O–H groups in total. The molecule has 2 unspecified atom stereocenters. The number of rotatable bonds is 7. The van der Waals surface area contributed by atoms with Crippen LogP contribution in [0, 0.1) is 0 Å². The first-order valence-electron chi connectivity index (χ1n) is 7.38. The fourth-order valence-corrected chi connectivity index (χ4v) is 2.63. The molecule has 0 aliphatic carbocycles. The quantitative estimate of drug-likeness (QED) is 0.831. The van der Waals surface area contributed by atoms with Gasteiger partial charge in [0.15, 0.2) is 0 Å². The van der Waals surface area contributed by atoms with E-state index in [0.717, 1.165) is 24.8 Å². The van der Waals surface area contributed by atoms with Crippen molar-refractivity contribution in [3.8, 4) is 0 Å². The van der Waals surface area contributed by atoms with E-state index in [-0.39, 0.29) is 18.1 Å². The lowest BCUT2D eigenvalue weighted by Gasteiger charge is -2.24. The molecule has 20 heavy (non-hydrogen) atoms. The summed E-state index contributed by atoms with van der Waals surface area (Å²) in [5, 5.41) is 3.47. The lowest BCUT2D eigenvalue weighted by atomic mass is 10.1. The summed E-state index contributed by atoms with van der Waals surface area (Å²) in [6.07, 6.45) is 3.06. The number of carbonyl (C=O) groups is 1. The van der Waals surface area contributed by atoms with Gasteiger partial charge >= 0.3 is 0 Å². The van der Waals surface area contributed by atoms with Gasteiger partial charge < -0.3 is 9.64 Å². The third kappa shape index (κ3) is 3.38. The fourth-order valence-electron chi connectivity index (χ4n) is 2.63. The van der Waals surface area contributed by atoms with E-state index < -0.39 is 0 Å². The van der Waals surface area contributed by atoms with E-state index in [9.17, 15) is 4.79 Å². The summed E-state index contributed by atoms with van der Waals surface area (Å²) in [5.74, 6) is 0.198. The molecule has 0 radical (unpaired) electrons. The van der Waals surface area contributed by atoms with Gasteiger partial charge in [0.05, 0.1) is 12.6 Å². The van der Waals surface area contributed by atoms with Gasteiger partial charge in [0.1, 0.15) is 6.17 Å². The molecule has 0 aromatic heterocycles. The van der Waals surface area contributed by atoms with Crippen LogP contribution in [-0.2, 0) is 9.53 Å². The SMILES string of the molecule is CCCCC1NC(c2ccccc2)N(CCOC)C1=O. The lowest BCUT2D eigenvalue weighted by molar-refractivity contribution is -0.130. The van der Waals surface area contributed by atoms with Crippen LogP contribution in [0.15, 0.2) is 30.3 Å². The number of amides is 1. The van der Waals surface area contributed by atoms with Gasteiger partial charge in [0.2, 0.25) is 5.91 Å². The number of hydrogen-bond donors (Lipinski definition) is 1. The van der Waals surface area contributed by atoms with E-state index in [0.29, 0.717) is 13.2 Å². The van der Waals surface area contributed by atoms with Gasteiger partial charge in [-0.15, -0.1) is 0 Å². The highest BCUT2D eigenvalue weighted by atomic mass is 16.5. The molecule has 110 valence electrons. The Labute approximate surface area is 121 Å². The molecule has 2 rings (SSSR count). The molecular formula is C16H24N2O2. The average Bonchev–Trinajstić information content (AvgIpc) is 2.80. The van der Waals surface area contributed by atoms with Crippen molar-refractivity contribution in [2.45, 2.75) is 38.4 Å². The Kier molecular flexibility index (Phi) is 5.56. The van der Waals surface area contributed by atoms with Crippen molar-refractivity contribution in [2.24, 2.45) is 0 Å². The molecule has 1 fully saturated rings. The Hall–Kier alpha value is -1.39. The van der Waals surface area contributed by atoms with Crippen molar-refractivity contribution in [1.29, 1.82) is 0 Å². The lowest BCUT2D eigenvalue weighted by Crippen LogP contribution is -2.33. The Morgan fingerprint density at radius 2 is 2.05 bits per heavy atom. The summed E-state index contributed by atoms with van der Waals surface area (Å²) < 4.78 is 5.13. The van der Waals surface area contributed by atoms with Crippen LogP contribution in [-0.4, -0.2) is 37.1 Å². The normalized spacial score (nSPS) is 22.5. The minimum Gasteiger partial charge on any atom is -0.383 e. The Bertz CT molecular complexity index is 422. The molecular weight excluding hydrogens is 252 g/mol. The average molecular weight is 276 g/mol. The minimum atomic E-state index is -0.0583. The van der Waals surface area contributed by atoms with E-state index in [1.807, 2.05) is 23.1 Å². The summed E-state index contributed by atoms with van der Waals surface area (Å²) in [5.41, 5.74) is 1.14. The first-order valence-corrected chi connectivity index (χ1v) is 7.38. The first-order chi connectivity index (χ1) is 9.77. The molecule has 1 aromatic carbocycles. The number of nitrogens with one attached hydrogen (secondary N) is 1. The van der Waals surface area contributed by atoms with Crippen LogP contribution in [0.3, 0.4) is 0 Å². The highest BCUT2D eigenvalue weighted by Crippen LogP contribution is 2.26. The van der Waals surface area contributed by atoms with Crippen LogP contribution >= 0.6 is 0 Å². The molecule has 1 aromatic rings. The van der Waals surface area contributed by atoms with Crippen LogP contribution < -0.4 is 5.32 Å². The van der Waals surface area contributed by atoms with E-state index in [2.05, 4.69) is 24.4 Å². The molecule has 1 aliphatic rings. The number of methoxy groups -OCH3 is 1. The smallest absolute Gasteiger partial charge is 0.241 e. The number of benzene rings is 1. The zero-order valence-corrected chi connectivity index (χ0v) is 12.3. The number of nitrogens with zero attached hydrogens (tertiary/aromatic N) is 1. The minimum absolute atomic E-state index is 0.0271. The molecule has 1 heterocycles. The second kappa shape index (κ2) is 7.41. The Morgan fingerprint density at radius 3 is 2.70 bits per heavy atom. The maximum Gasteiger partial charge on any atom is 0.241 e. The zero-order chi connectivity index (χ0) is 14.4. The van der Waals surface area contributed by atoms with Crippen molar-refractivity contribution in [1.82, 2.24) is 10.2 Å². The van der Waals surface area contributed by atoms with Gasteiger partial charge in [-0.3, -0.25) is 10.1 Å². The molecule has 1 saturated heterocycles. The Balaban J connectivity index is 2.13. The molecule has 0 spiro atoms. The van der Waals surface area contributed by atoms with Gasteiger partial charge in [-0.05, 0) is 12.0 Å². The monoisotopic (exact) mass is 276 g/mol. The molecule has 4 nitrogen and oxygen atoms in total.